The Balaban J connectivity index is 1.39. The van der Waals surface area contributed by atoms with Gasteiger partial charge in [-0.2, -0.15) is 0 Å². The van der Waals surface area contributed by atoms with Crippen LogP contribution in [0.15, 0.2) is 30.3 Å². The highest BCUT2D eigenvalue weighted by Gasteiger charge is 2.40. The molecule has 5 nitrogen and oxygen atoms in total. The summed E-state index contributed by atoms with van der Waals surface area (Å²) in [5, 5.41) is 13.8. The molecular formula is C20H28N2O3. The maximum atomic E-state index is 12.9. The molecule has 3 fully saturated rings. The topological polar surface area (TPSA) is 61.8 Å². The van der Waals surface area contributed by atoms with E-state index in [4.69, 9.17) is 4.74 Å². The van der Waals surface area contributed by atoms with Crippen molar-refractivity contribution >= 4 is 6.03 Å². The van der Waals surface area contributed by atoms with Gasteiger partial charge in [0.2, 0.25) is 0 Å². The largest absolute Gasteiger partial charge is 0.387 e. The molecule has 0 bridgehead atoms. The Bertz CT molecular complexity index is 590. The maximum absolute atomic E-state index is 12.9. The van der Waals surface area contributed by atoms with Crippen molar-refractivity contribution in [3.8, 4) is 0 Å². The summed E-state index contributed by atoms with van der Waals surface area (Å²) in [7, 11) is 0. The van der Waals surface area contributed by atoms with E-state index < -0.39 is 6.10 Å². The van der Waals surface area contributed by atoms with Crippen molar-refractivity contribution in [3.05, 3.63) is 35.9 Å². The molecule has 0 aromatic heterocycles. The molecule has 1 aliphatic heterocycles. The van der Waals surface area contributed by atoms with E-state index in [0.717, 1.165) is 50.7 Å². The first-order valence-corrected chi connectivity index (χ1v) is 9.64. The number of nitrogens with zero attached hydrogens (tertiary/aromatic N) is 1. The van der Waals surface area contributed by atoms with Crippen molar-refractivity contribution in [1.82, 2.24) is 10.2 Å². The molecule has 1 aromatic rings. The molecule has 3 aliphatic rings. The highest BCUT2D eigenvalue weighted by atomic mass is 16.5. The van der Waals surface area contributed by atoms with Crippen molar-refractivity contribution in [2.75, 3.05) is 13.2 Å². The fourth-order valence-corrected chi connectivity index (χ4v) is 4.35. The first kappa shape index (κ1) is 16.9. The van der Waals surface area contributed by atoms with E-state index in [1.54, 1.807) is 0 Å². The van der Waals surface area contributed by atoms with Crippen molar-refractivity contribution in [2.45, 2.75) is 62.8 Å². The molecule has 2 amide bonds. The van der Waals surface area contributed by atoms with Gasteiger partial charge in [-0.15, -0.1) is 0 Å². The van der Waals surface area contributed by atoms with Gasteiger partial charge in [-0.1, -0.05) is 30.3 Å². The van der Waals surface area contributed by atoms with E-state index in [-0.39, 0.29) is 18.1 Å². The lowest BCUT2D eigenvalue weighted by Crippen LogP contribution is -2.51. The van der Waals surface area contributed by atoms with E-state index in [1.807, 2.05) is 35.2 Å². The summed E-state index contributed by atoms with van der Waals surface area (Å²) in [6, 6.07) is 10.1. The number of carbonyl (C=O) groups is 1. The molecule has 2 aliphatic carbocycles. The van der Waals surface area contributed by atoms with Gasteiger partial charge in [0.25, 0.3) is 0 Å². The molecule has 25 heavy (non-hydrogen) atoms. The van der Waals surface area contributed by atoms with Crippen molar-refractivity contribution in [2.24, 2.45) is 5.92 Å². The van der Waals surface area contributed by atoms with Crippen LogP contribution in [0.4, 0.5) is 4.79 Å². The number of urea groups is 1. The number of amides is 2. The molecule has 0 radical (unpaired) electrons. The fraction of sp³-hybridized carbons (Fsp3) is 0.650. The Labute approximate surface area is 149 Å². The van der Waals surface area contributed by atoms with Gasteiger partial charge in [-0.25, -0.2) is 4.79 Å². The predicted octanol–water partition coefficient (Wildman–Crippen LogP) is 2.85. The predicted molar refractivity (Wildman–Crippen MR) is 95.1 cm³/mol. The second-order valence-corrected chi connectivity index (χ2v) is 7.66. The van der Waals surface area contributed by atoms with Crippen LogP contribution in [-0.2, 0) is 4.74 Å². The minimum absolute atomic E-state index is 0.0185. The number of aliphatic hydroxyl groups excluding tert-OH is 1. The molecule has 1 heterocycles. The molecule has 1 aromatic carbocycles. The number of aliphatic hydroxyl groups is 1. The quantitative estimate of drug-likeness (QED) is 0.863. The molecule has 4 rings (SSSR count). The standard InChI is InChI=1S/C20H28N2O3/c23-18(14-5-2-1-3-6-14)13-22(15-9-10-15)20(24)21-17-7-4-8-19-16(17)11-12-25-19/h1-3,5-6,15-19,23H,4,7-13H2,(H,21,24)/t16-,17+,18+,19-/m0/s1. The molecular weight excluding hydrogens is 316 g/mol. The van der Waals surface area contributed by atoms with Crippen LogP contribution >= 0.6 is 0 Å². The zero-order valence-corrected chi connectivity index (χ0v) is 14.6. The molecule has 4 atom stereocenters. The van der Waals surface area contributed by atoms with Crippen LogP contribution in [0.2, 0.25) is 0 Å². The third-order valence-electron chi connectivity index (χ3n) is 5.89. The van der Waals surface area contributed by atoms with Gasteiger partial charge in [0, 0.05) is 24.6 Å². The van der Waals surface area contributed by atoms with Crippen LogP contribution in [0, 0.1) is 5.92 Å². The molecule has 0 spiro atoms. The molecule has 2 saturated carbocycles. The van der Waals surface area contributed by atoms with E-state index >= 15 is 0 Å². The second-order valence-electron chi connectivity index (χ2n) is 7.66. The lowest BCUT2D eigenvalue weighted by atomic mass is 9.82. The fourth-order valence-electron chi connectivity index (χ4n) is 4.35. The molecule has 2 N–H and O–H groups in total. The number of carbonyl (C=O) groups excluding carboxylic acids is 1. The monoisotopic (exact) mass is 344 g/mol. The molecule has 0 unspecified atom stereocenters. The van der Waals surface area contributed by atoms with Crippen LogP contribution in [0.1, 0.15) is 50.2 Å². The number of hydrogen-bond acceptors (Lipinski definition) is 3. The number of nitrogens with one attached hydrogen (secondary N) is 1. The van der Waals surface area contributed by atoms with Crippen molar-refractivity contribution in [3.63, 3.8) is 0 Å². The van der Waals surface area contributed by atoms with Crippen LogP contribution < -0.4 is 5.32 Å². The summed E-state index contributed by atoms with van der Waals surface area (Å²) >= 11 is 0. The van der Waals surface area contributed by atoms with Crippen LogP contribution in [0.25, 0.3) is 0 Å². The van der Waals surface area contributed by atoms with E-state index in [0.29, 0.717) is 18.6 Å². The Morgan fingerprint density at radius 2 is 2.00 bits per heavy atom. The van der Waals surface area contributed by atoms with Crippen molar-refractivity contribution in [1.29, 1.82) is 0 Å². The maximum Gasteiger partial charge on any atom is 0.317 e. The number of ether oxygens (including phenoxy) is 1. The third-order valence-corrected chi connectivity index (χ3v) is 5.89. The second kappa shape index (κ2) is 7.34. The SMILES string of the molecule is O=C(N[C@@H]1CCC[C@@H]2OCC[C@H]21)N(C[C@@H](O)c1ccccc1)C1CC1. The van der Waals surface area contributed by atoms with Gasteiger partial charge >= 0.3 is 6.03 Å². The highest BCUT2D eigenvalue weighted by Crippen LogP contribution is 2.35. The van der Waals surface area contributed by atoms with Gasteiger partial charge in [0.1, 0.15) is 0 Å². The summed E-state index contributed by atoms with van der Waals surface area (Å²) in [5.74, 6) is 0.456. The Kier molecular flexibility index (Phi) is 4.95. The summed E-state index contributed by atoms with van der Waals surface area (Å²) in [4.78, 5) is 14.8. The van der Waals surface area contributed by atoms with E-state index in [9.17, 15) is 9.90 Å². The average Bonchev–Trinajstić information content (AvgIpc) is 3.36. The van der Waals surface area contributed by atoms with E-state index in [2.05, 4.69) is 5.32 Å². The smallest absolute Gasteiger partial charge is 0.317 e. The van der Waals surface area contributed by atoms with Gasteiger partial charge in [-0.05, 0) is 44.1 Å². The van der Waals surface area contributed by atoms with Crippen LogP contribution in [0.5, 0.6) is 0 Å². The Hall–Kier alpha value is -1.59. The zero-order chi connectivity index (χ0) is 17.2. The number of hydrogen-bond donors (Lipinski definition) is 2. The minimum atomic E-state index is -0.638. The first-order chi connectivity index (χ1) is 12.2. The Morgan fingerprint density at radius 3 is 2.76 bits per heavy atom. The van der Waals surface area contributed by atoms with Gasteiger partial charge < -0.3 is 20.1 Å². The summed E-state index contributed by atoms with van der Waals surface area (Å²) in [6.07, 6.45) is 6.08. The zero-order valence-electron chi connectivity index (χ0n) is 14.6. The van der Waals surface area contributed by atoms with Gasteiger partial charge in [0.05, 0.1) is 18.8 Å². The normalized spacial score (nSPS) is 29.7. The summed E-state index contributed by atoms with van der Waals surface area (Å²) < 4.78 is 5.81. The number of benzene rings is 1. The van der Waals surface area contributed by atoms with Crippen LogP contribution in [0.3, 0.4) is 0 Å². The van der Waals surface area contributed by atoms with Gasteiger partial charge in [0.15, 0.2) is 0 Å². The average molecular weight is 344 g/mol. The molecule has 1 saturated heterocycles. The van der Waals surface area contributed by atoms with Gasteiger partial charge in [-0.3, -0.25) is 0 Å². The lowest BCUT2D eigenvalue weighted by molar-refractivity contribution is 0.0526. The third kappa shape index (κ3) is 3.82. The minimum Gasteiger partial charge on any atom is -0.387 e. The van der Waals surface area contributed by atoms with Crippen LogP contribution in [-0.4, -0.2) is 47.4 Å². The Morgan fingerprint density at radius 1 is 1.20 bits per heavy atom. The van der Waals surface area contributed by atoms with E-state index in [1.165, 1.54) is 0 Å². The van der Waals surface area contributed by atoms with Crippen molar-refractivity contribution < 1.29 is 14.6 Å². The first-order valence-electron chi connectivity index (χ1n) is 9.64. The lowest BCUT2D eigenvalue weighted by Gasteiger charge is -2.35. The summed E-state index contributed by atoms with van der Waals surface area (Å²) in [5.41, 5.74) is 0.864. The number of fused-ring (bicyclic) bond motifs is 1. The molecule has 5 heteroatoms. The number of rotatable bonds is 5. The molecule has 136 valence electrons. The highest BCUT2D eigenvalue weighted by molar-refractivity contribution is 5.75. The summed E-state index contributed by atoms with van der Waals surface area (Å²) in [6.45, 7) is 1.18.